The van der Waals surface area contributed by atoms with Gasteiger partial charge in [0.05, 0.1) is 0 Å². The monoisotopic (exact) mass is 212 g/mol. The topological polar surface area (TPSA) is 71.6 Å². The molecule has 1 saturated heterocycles. The average Bonchev–Trinajstić information content (AvgIpc) is 1.74. The standard InChI is InChI=1S/C11H22N2O.N/c1-8(14)12-9-6-10(2,3)13-11(4,5)7-9;/h9,13H,6-7H2,1-5H3,(H,12,14);. The maximum Gasteiger partial charge on any atom is 0.217 e. The van der Waals surface area contributed by atoms with Crippen LogP contribution in [0.5, 0.6) is 0 Å². The molecule has 0 aromatic heterocycles. The van der Waals surface area contributed by atoms with Crippen LogP contribution in [-0.4, -0.2) is 23.0 Å². The summed E-state index contributed by atoms with van der Waals surface area (Å²) in [5.41, 5.74) is 0.212. The molecule has 0 aromatic carbocycles. The van der Waals surface area contributed by atoms with Gasteiger partial charge in [-0.1, -0.05) is 0 Å². The molecule has 0 spiro atoms. The Morgan fingerprint density at radius 2 is 1.60 bits per heavy atom. The van der Waals surface area contributed by atoms with Crippen LogP contribution in [0.15, 0.2) is 0 Å². The molecule has 15 heavy (non-hydrogen) atoms. The minimum absolute atomic E-state index is 0. The zero-order valence-corrected chi connectivity index (χ0v) is 10.3. The largest absolute Gasteiger partial charge is 0.353 e. The summed E-state index contributed by atoms with van der Waals surface area (Å²) >= 11 is 0. The van der Waals surface area contributed by atoms with Crippen LogP contribution in [0.3, 0.4) is 0 Å². The van der Waals surface area contributed by atoms with Gasteiger partial charge in [-0.15, -0.1) is 0 Å². The van der Waals surface area contributed by atoms with Gasteiger partial charge in [0.25, 0.3) is 0 Å². The first kappa shape index (κ1) is 14.4. The van der Waals surface area contributed by atoms with E-state index in [2.05, 4.69) is 38.3 Å². The molecule has 1 aliphatic heterocycles. The van der Waals surface area contributed by atoms with Gasteiger partial charge in [0.1, 0.15) is 0 Å². The second kappa shape index (κ2) is 4.49. The SMILES string of the molecule is CC(=O)NC1CC(C)(C)NC(C)(C)C1.[N]. The molecule has 4 heteroatoms. The highest BCUT2D eigenvalue weighted by atomic mass is 16.1. The quantitative estimate of drug-likeness (QED) is 0.679. The Kier molecular flexibility index (Phi) is 4.31. The zero-order valence-electron chi connectivity index (χ0n) is 10.3. The highest BCUT2D eigenvalue weighted by molar-refractivity contribution is 5.73. The maximum atomic E-state index is 11.0. The van der Waals surface area contributed by atoms with E-state index in [4.69, 9.17) is 0 Å². The van der Waals surface area contributed by atoms with Crippen molar-refractivity contribution in [3.05, 3.63) is 0 Å². The Labute approximate surface area is 92.8 Å². The van der Waals surface area contributed by atoms with Crippen molar-refractivity contribution in [1.82, 2.24) is 16.8 Å². The third kappa shape index (κ3) is 4.62. The first-order valence-electron chi connectivity index (χ1n) is 5.27. The number of hydrogen-bond donors (Lipinski definition) is 2. The lowest BCUT2D eigenvalue weighted by Crippen LogP contribution is -2.62. The van der Waals surface area contributed by atoms with Gasteiger partial charge < -0.3 is 10.6 Å². The fraction of sp³-hybridized carbons (Fsp3) is 0.909. The van der Waals surface area contributed by atoms with Crippen molar-refractivity contribution in [2.45, 2.75) is 64.6 Å². The Morgan fingerprint density at radius 1 is 1.20 bits per heavy atom. The van der Waals surface area contributed by atoms with Crippen molar-refractivity contribution in [2.24, 2.45) is 0 Å². The summed E-state index contributed by atoms with van der Waals surface area (Å²) in [5.74, 6) is 0.0727. The molecule has 1 aliphatic rings. The van der Waals surface area contributed by atoms with Crippen LogP contribution >= 0.6 is 0 Å². The van der Waals surface area contributed by atoms with Crippen LogP contribution in [0.1, 0.15) is 47.5 Å². The normalized spacial score (nSPS) is 24.1. The number of carbonyl (C=O) groups is 1. The lowest BCUT2D eigenvalue weighted by atomic mass is 9.79. The number of amides is 1. The summed E-state index contributed by atoms with van der Waals surface area (Å²) in [6.07, 6.45) is 1.99. The van der Waals surface area contributed by atoms with Crippen LogP contribution in [0.4, 0.5) is 0 Å². The van der Waals surface area contributed by atoms with Gasteiger partial charge in [-0.2, -0.15) is 0 Å². The molecule has 0 atom stereocenters. The van der Waals surface area contributed by atoms with Gasteiger partial charge >= 0.3 is 0 Å². The molecule has 4 nitrogen and oxygen atoms in total. The number of piperidine rings is 1. The third-order valence-electron chi connectivity index (χ3n) is 2.60. The van der Waals surface area contributed by atoms with E-state index in [0.29, 0.717) is 6.04 Å². The summed E-state index contributed by atoms with van der Waals surface area (Å²) in [6, 6.07) is 0.304. The number of hydrogen-bond acceptors (Lipinski definition) is 2. The summed E-state index contributed by atoms with van der Waals surface area (Å²) in [4.78, 5) is 11.0. The summed E-state index contributed by atoms with van der Waals surface area (Å²) < 4.78 is 0. The Morgan fingerprint density at radius 3 is 1.93 bits per heavy atom. The molecule has 1 amide bonds. The molecule has 0 unspecified atom stereocenters. The maximum absolute atomic E-state index is 11.0. The van der Waals surface area contributed by atoms with Gasteiger partial charge in [0, 0.05) is 30.2 Å². The molecule has 3 radical (unpaired) electrons. The number of carbonyl (C=O) groups excluding carboxylic acids is 1. The molecule has 0 bridgehead atoms. The number of nitrogens with one attached hydrogen (secondary N) is 2. The number of nitrogens with zero attached hydrogens (tertiary/aromatic N) is 1. The van der Waals surface area contributed by atoms with E-state index in [9.17, 15) is 4.79 Å². The second-order valence-electron chi connectivity index (χ2n) is 5.70. The van der Waals surface area contributed by atoms with Crippen molar-refractivity contribution in [2.75, 3.05) is 0 Å². The molecule has 87 valence electrons. The van der Waals surface area contributed by atoms with Crippen molar-refractivity contribution in [3.8, 4) is 0 Å². The van der Waals surface area contributed by atoms with E-state index in [1.807, 2.05) is 0 Å². The number of rotatable bonds is 1. The minimum Gasteiger partial charge on any atom is -0.353 e. The van der Waals surface area contributed by atoms with E-state index >= 15 is 0 Å². The molecule has 1 rings (SSSR count). The fourth-order valence-corrected chi connectivity index (χ4v) is 2.71. The van der Waals surface area contributed by atoms with E-state index in [-0.39, 0.29) is 23.1 Å². The highest BCUT2D eigenvalue weighted by Crippen LogP contribution is 2.28. The third-order valence-corrected chi connectivity index (χ3v) is 2.60. The van der Waals surface area contributed by atoms with Gasteiger partial charge in [-0.05, 0) is 40.5 Å². The smallest absolute Gasteiger partial charge is 0.217 e. The molecule has 1 heterocycles. The predicted octanol–water partition coefficient (Wildman–Crippen LogP) is 0.951. The first-order valence-corrected chi connectivity index (χ1v) is 5.27. The van der Waals surface area contributed by atoms with Crippen molar-refractivity contribution < 1.29 is 4.79 Å². The first-order chi connectivity index (χ1) is 6.20. The van der Waals surface area contributed by atoms with E-state index in [0.717, 1.165) is 12.8 Å². The van der Waals surface area contributed by atoms with Crippen LogP contribution in [0.25, 0.3) is 0 Å². The zero-order chi connectivity index (χ0) is 11.0. The summed E-state index contributed by atoms with van der Waals surface area (Å²) in [6.45, 7) is 10.3. The fourth-order valence-electron chi connectivity index (χ4n) is 2.71. The lowest BCUT2D eigenvalue weighted by Gasteiger charge is -2.46. The summed E-state index contributed by atoms with van der Waals surface area (Å²) in [7, 11) is 0. The van der Waals surface area contributed by atoms with Gasteiger partial charge in [0.15, 0.2) is 0 Å². The minimum atomic E-state index is 0. The van der Waals surface area contributed by atoms with E-state index in [1.54, 1.807) is 6.92 Å². The average molecular weight is 212 g/mol. The lowest BCUT2D eigenvalue weighted by molar-refractivity contribution is -0.120. The Balaban J connectivity index is 0.00000196. The van der Waals surface area contributed by atoms with Gasteiger partial charge in [-0.3, -0.25) is 4.79 Å². The molecular weight excluding hydrogens is 190 g/mol. The Bertz CT molecular complexity index is 220. The van der Waals surface area contributed by atoms with Gasteiger partial charge in [0.2, 0.25) is 5.91 Å². The molecule has 0 aromatic rings. The van der Waals surface area contributed by atoms with Gasteiger partial charge in [-0.25, -0.2) is 0 Å². The van der Waals surface area contributed by atoms with Crippen LogP contribution < -0.4 is 16.8 Å². The van der Waals surface area contributed by atoms with E-state index < -0.39 is 0 Å². The molecule has 1 fully saturated rings. The van der Waals surface area contributed by atoms with Crippen molar-refractivity contribution in [1.29, 1.82) is 0 Å². The van der Waals surface area contributed by atoms with Crippen molar-refractivity contribution in [3.63, 3.8) is 0 Å². The predicted molar refractivity (Wildman–Crippen MR) is 60.3 cm³/mol. The second-order valence-corrected chi connectivity index (χ2v) is 5.70. The highest BCUT2D eigenvalue weighted by Gasteiger charge is 2.37. The Hall–Kier alpha value is -0.610. The van der Waals surface area contributed by atoms with Crippen LogP contribution in [0.2, 0.25) is 0 Å². The van der Waals surface area contributed by atoms with Crippen LogP contribution in [-0.2, 0) is 4.79 Å². The molecule has 0 saturated carbocycles. The van der Waals surface area contributed by atoms with Crippen molar-refractivity contribution >= 4 is 5.91 Å². The van der Waals surface area contributed by atoms with E-state index in [1.165, 1.54) is 0 Å². The molecule has 0 aliphatic carbocycles. The molecule has 2 N–H and O–H groups in total. The summed E-state index contributed by atoms with van der Waals surface area (Å²) in [5, 5.41) is 6.60. The van der Waals surface area contributed by atoms with Crippen LogP contribution in [0, 0.1) is 0 Å². The molecular formula is C11H22N3O.